The molecule has 2 rings (SSSR count). The first-order valence-corrected chi connectivity index (χ1v) is 6.87. The Morgan fingerprint density at radius 1 is 1.42 bits per heavy atom. The summed E-state index contributed by atoms with van der Waals surface area (Å²) < 4.78 is 5.27. The number of hydrogen-bond donors (Lipinski definition) is 2. The summed E-state index contributed by atoms with van der Waals surface area (Å²) in [5.41, 5.74) is 5.27. The van der Waals surface area contributed by atoms with Gasteiger partial charge in [-0.25, -0.2) is 0 Å². The first kappa shape index (κ1) is 14.3. The average molecular weight is 270 g/mol. The second-order valence-corrected chi connectivity index (χ2v) is 5.53. The first-order chi connectivity index (χ1) is 9.05. The number of carbonyl (C=O) groups is 2. The third-order valence-electron chi connectivity index (χ3n) is 4.19. The monoisotopic (exact) mass is 270 g/mol. The highest BCUT2D eigenvalue weighted by molar-refractivity contribution is 5.86. The van der Waals surface area contributed by atoms with Gasteiger partial charge >= 0.3 is 5.97 Å². The molecular formula is C13H22N2O4. The van der Waals surface area contributed by atoms with Crippen molar-refractivity contribution in [1.29, 1.82) is 0 Å². The van der Waals surface area contributed by atoms with Crippen LogP contribution in [0.1, 0.15) is 26.2 Å². The number of nitrogens with zero attached hydrogens (tertiary/aromatic N) is 1. The normalized spacial score (nSPS) is 28.1. The van der Waals surface area contributed by atoms with Gasteiger partial charge in [-0.15, -0.1) is 0 Å². The third-order valence-corrected chi connectivity index (χ3v) is 4.19. The van der Waals surface area contributed by atoms with E-state index in [9.17, 15) is 14.7 Å². The molecule has 108 valence electrons. The van der Waals surface area contributed by atoms with Crippen LogP contribution in [-0.2, 0) is 14.3 Å². The molecule has 2 fully saturated rings. The Morgan fingerprint density at radius 3 is 2.58 bits per heavy atom. The van der Waals surface area contributed by atoms with Crippen molar-refractivity contribution in [1.82, 2.24) is 4.90 Å². The van der Waals surface area contributed by atoms with Crippen LogP contribution in [0.5, 0.6) is 0 Å². The molecule has 2 atom stereocenters. The number of hydrogen-bond acceptors (Lipinski definition) is 4. The molecule has 2 aliphatic rings. The second-order valence-electron chi connectivity index (χ2n) is 5.53. The zero-order valence-electron chi connectivity index (χ0n) is 11.3. The van der Waals surface area contributed by atoms with E-state index in [1.165, 1.54) is 0 Å². The van der Waals surface area contributed by atoms with Crippen molar-refractivity contribution < 1.29 is 19.4 Å². The van der Waals surface area contributed by atoms with E-state index in [0.29, 0.717) is 19.7 Å². The Labute approximate surface area is 112 Å². The molecule has 1 aliphatic heterocycles. The van der Waals surface area contributed by atoms with Crippen molar-refractivity contribution in [2.45, 2.75) is 32.2 Å². The maximum absolute atomic E-state index is 12.6. The van der Waals surface area contributed by atoms with Gasteiger partial charge in [0.25, 0.3) is 0 Å². The van der Waals surface area contributed by atoms with Gasteiger partial charge in [0, 0.05) is 13.1 Å². The van der Waals surface area contributed by atoms with Gasteiger partial charge in [0.2, 0.25) is 5.91 Å². The number of carbonyl (C=O) groups excluding carboxylic acids is 1. The fourth-order valence-corrected chi connectivity index (χ4v) is 2.71. The minimum absolute atomic E-state index is 0.0126. The van der Waals surface area contributed by atoms with Crippen LogP contribution in [0.2, 0.25) is 0 Å². The molecular weight excluding hydrogens is 248 g/mol. The Hall–Kier alpha value is -1.14. The number of aliphatic carboxylic acids is 1. The third kappa shape index (κ3) is 2.60. The lowest BCUT2D eigenvalue weighted by molar-refractivity contribution is -0.146. The number of amides is 1. The lowest BCUT2D eigenvalue weighted by Crippen LogP contribution is -2.50. The Kier molecular flexibility index (Phi) is 4.10. The largest absolute Gasteiger partial charge is 0.481 e. The van der Waals surface area contributed by atoms with Crippen LogP contribution in [0.15, 0.2) is 0 Å². The van der Waals surface area contributed by atoms with Gasteiger partial charge in [-0.3, -0.25) is 9.59 Å². The Bertz CT molecular complexity index is 368. The molecule has 0 aromatic heterocycles. The van der Waals surface area contributed by atoms with Gasteiger partial charge in [0.1, 0.15) is 5.92 Å². The van der Waals surface area contributed by atoms with Crippen molar-refractivity contribution in [3.63, 3.8) is 0 Å². The van der Waals surface area contributed by atoms with Gasteiger partial charge < -0.3 is 20.5 Å². The van der Waals surface area contributed by atoms with Gasteiger partial charge in [0.15, 0.2) is 0 Å². The molecule has 0 aromatic carbocycles. The van der Waals surface area contributed by atoms with Crippen LogP contribution in [0.25, 0.3) is 0 Å². The van der Waals surface area contributed by atoms with Crippen molar-refractivity contribution in [2.75, 3.05) is 26.3 Å². The summed E-state index contributed by atoms with van der Waals surface area (Å²) in [4.78, 5) is 25.5. The standard InChI is InChI=1S/C13H22N2O4/c1-2-5-15(12(18)13(8-14)3-4-13)10-7-19-6-9(10)11(16)17/h9-10H,2-8,14H2,1H3,(H,16,17). The van der Waals surface area contributed by atoms with E-state index in [-0.39, 0.29) is 18.6 Å². The predicted molar refractivity (Wildman–Crippen MR) is 68.5 cm³/mol. The lowest BCUT2D eigenvalue weighted by atomic mass is 9.98. The summed E-state index contributed by atoms with van der Waals surface area (Å²) >= 11 is 0. The highest BCUT2D eigenvalue weighted by Crippen LogP contribution is 2.47. The zero-order chi connectivity index (χ0) is 14.0. The molecule has 0 aromatic rings. The molecule has 1 saturated carbocycles. The van der Waals surface area contributed by atoms with Crippen LogP contribution >= 0.6 is 0 Å². The van der Waals surface area contributed by atoms with E-state index in [1.807, 2.05) is 6.92 Å². The van der Waals surface area contributed by atoms with E-state index in [0.717, 1.165) is 19.3 Å². The van der Waals surface area contributed by atoms with Crippen molar-refractivity contribution in [2.24, 2.45) is 17.1 Å². The Balaban J connectivity index is 2.15. The summed E-state index contributed by atoms with van der Waals surface area (Å²) in [6.07, 6.45) is 2.43. The van der Waals surface area contributed by atoms with Gasteiger partial charge in [0.05, 0.1) is 24.7 Å². The summed E-state index contributed by atoms with van der Waals surface area (Å²) in [7, 11) is 0. The van der Waals surface area contributed by atoms with E-state index >= 15 is 0 Å². The first-order valence-electron chi connectivity index (χ1n) is 6.87. The molecule has 1 heterocycles. The van der Waals surface area contributed by atoms with Crippen molar-refractivity contribution in [3.8, 4) is 0 Å². The van der Waals surface area contributed by atoms with Crippen LogP contribution in [0.4, 0.5) is 0 Å². The molecule has 1 saturated heterocycles. The number of carboxylic acid groups (broad SMARTS) is 1. The van der Waals surface area contributed by atoms with E-state index < -0.39 is 17.3 Å². The van der Waals surface area contributed by atoms with Gasteiger partial charge in [-0.1, -0.05) is 6.92 Å². The fourth-order valence-electron chi connectivity index (χ4n) is 2.71. The van der Waals surface area contributed by atoms with Crippen LogP contribution < -0.4 is 5.73 Å². The molecule has 1 aliphatic carbocycles. The van der Waals surface area contributed by atoms with Gasteiger partial charge in [-0.2, -0.15) is 0 Å². The lowest BCUT2D eigenvalue weighted by Gasteiger charge is -2.33. The fraction of sp³-hybridized carbons (Fsp3) is 0.846. The molecule has 2 unspecified atom stereocenters. The van der Waals surface area contributed by atoms with E-state index in [1.54, 1.807) is 4.90 Å². The zero-order valence-corrected chi connectivity index (χ0v) is 11.3. The van der Waals surface area contributed by atoms with Crippen molar-refractivity contribution >= 4 is 11.9 Å². The summed E-state index contributed by atoms with van der Waals surface area (Å²) in [5.74, 6) is -1.50. The minimum Gasteiger partial charge on any atom is -0.481 e. The number of carboxylic acids is 1. The Morgan fingerprint density at radius 2 is 2.11 bits per heavy atom. The summed E-state index contributed by atoms with van der Waals surface area (Å²) in [6, 6.07) is -0.353. The van der Waals surface area contributed by atoms with Gasteiger partial charge in [-0.05, 0) is 19.3 Å². The molecule has 1 amide bonds. The maximum atomic E-state index is 12.6. The van der Waals surface area contributed by atoms with Crippen LogP contribution in [0.3, 0.4) is 0 Å². The van der Waals surface area contributed by atoms with Crippen LogP contribution in [-0.4, -0.2) is 54.2 Å². The van der Waals surface area contributed by atoms with E-state index in [2.05, 4.69) is 0 Å². The average Bonchev–Trinajstić information content (AvgIpc) is 3.04. The predicted octanol–water partition coefficient (Wildman–Crippen LogP) is 0.0635. The highest BCUT2D eigenvalue weighted by Gasteiger charge is 2.53. The second kappa shape index (κ2) is 5.46. The number of nitrogens with two attached hydrogens (primary N) is 1. The molecule has 0 radical (unpaired) electrons. The summed E-state index contributed by atoms with van der Waals surface area (Å²) in [6.45, 7) is 3.39. The number of ether oxygens (including phenoxy) is 1. The molecule has 19 heavy (non-hydrogen) atoms. The highest BCUT2D eigenvalue weighted by atomic mass is 16.5. The topological polar surface area (TPSA) is 92.9 Å². The summed E-state index contributed by atoms with van der Waals surface area (Å²) in [5, 5.41) is 9.22. The molecule has 6 nitrogen and oxygen atoms in total. The minimum atomic E-state index is -0.894. The smallest absolute Gasteiger partial charge is 0.311 e. The SMILES string of the molecule is CCCN(C(=O)C1(CN)CC1)C1COCC1C(=O)O. The van der Waals surface area contributed by atoms with Crippen LogP contribution in [0, 0.1) is 11.3 Å². The number of rotatable bonds is 6. The maximum Gasteiger partial charge on any atom is 0.311 e. The van der Waals surface area contributed by atoms with E-state index in [4.69, 9.17) is 10.5 Å². The molecule has 6 heteroatoms. The molecule has 0 spiro atoms. The molecule has 0 bridgehead atoms. The quantitative estimate of drug-likeness (QED) is 0.712. The van der Waals surface area contributed by atoms with Crippen molar-refractivity contribution in [3.05, 3.63) is 0 Å². The molecule has 3 N–H and O–H groups in total.